The van der Waals surface area contributed by atoms with Gasteiger partial charge in [0.05, 0.1) is 18.2 Å². The van der Waals surface area contributed by atoms with Gasteiger partial charge in [0.25, 0.3) is 0 Å². The minimum absolute atomic E-state index is 0.132. The van der Waals surface area contributed by atoms with E-state index >= 15 is 0 Å². The van der Waals surface area contributed by atoms with Crippen LogP contribution < -0.4 is 4.74 Å². The van der Waals surface area contributed by atoms with Gasteiger partial charge in [-0.15, -0.1) is 0 Å². The Morgan fingerprint density at radius 2 is 1.70 bits per heavy atom. The van der Waals surface area contributed by atoms with Crippen molar-refractivity contribution in [1.82, 2.24) is 0 Å². The highest BCUT2D eigenvalue weighted by molar-refractivity contribution is 5.89. The number of ether oxygens (including phenoxy) is 1. The molecule has 0 aliphatic rings. The number of rotatable bonds is 7. The van der Waals surface area contributed by atoms with Crippen LogP contribution in [0.25, 0.3) is 11.1 Å². The van der Waals surface area contributed by atoms with Crippen LogP contribution in [0.2, 0.25) is 0 Å². The van der Waals surface area contributed by atoms with E-state index in [0.29, 0.717) is 25.0 Å². The summed E-state index contributed by atoms with van der Waals surface area (Å²) >= 11 is 0. The van der Waals surface area contributed by atoms with Crippen molar-refractivity contribution in [1.29, 1.82) is 5.26 Å². The zero-order valence-corrected chi connectivity index (χ0v) is 13.2. The largest absolute Gasteiger partial charge is 0.494 e. The molecule has 2 rings (SSSR count). The summed E-state index contributed by atoms with van der Waals surface area (Å²) in [6, 6.07) is 17.4. The van der Waals surface area contributed by atoms with Gasteiger partial charge in [-0.25, -0.2) is 0 Å². The molecule has 0 unspecified atom stereocenters. The fourth-order valence-corrected chi connectivity index (χ4v) is 2.19. The third-order valence-corrected chi connectivity index (χ3v) is 3.39. The van der Waals surface area contributed by atoms with E-state index in [-0.39, 0.29) is 5.78 Å². The quantitative estimate of drug-likeness (QED) is 0.558. The summed E-state index contributed by atoms with van der Waals surface area (Å²) in [6.07, 6.45) is 4.56. The van der Waals surface area contributed by atoms with E-state index < -0.39 is 0 Å². The molecule has 0 spiro atoms. The molecule has 0 atom stereocenters. The van der Waals surface area contributed by atoms with Gasteiger partial charge in [-0.3, -0.25) is 4.79 Å². The molecule has 0 N–H and O–H groups in total. The highest BCUT2D eigenvalue weighted by Crippen LogP contribution is 2.22. The molecule has 116 valence electrons. The second-order valence-electron chi connectivity index (χ2n) is 5.13. The predicted molar refractivity (Wildman–Crippen MR) is 91.1 cm³/mol. The smallest absolute Gasteiger partial charge is 0.155 e. The van der Waals surface area contributed by atoms with Crippen molar-refractivity contribution in [2.75, 3.05) is 6.61 Å². The Morgan fingerprint density at radius 1 is 1.09 bits per heavy atom. The Hall–Kier alpha value is -2.86. The lowest BCUT2D eigenvalue weighted by Crippen LogP contribution is -2.01. The molecule has 0 aliphatic carbocycles. The van der Waals surface area contributed by atoms with Gasteiger partial charge in [0.15, 0.2) is 5.78 Å². The third kappa shape index (κ3) is 5.12. The van der Waals surface area contributed by atoms with Crippen molar-refractivity contribution in [3.05, 3.63) is 66.2 Å². The molecule has 0 amide bonds. The molecule has 2 aromatic rings. The lowest BCUT2D eigenvalue weighted by Gasteiger charge is -2.07. The van der Waals surface area contributed by atoms with Crippen molar-refractivity contribution < 1.29 is 9.53 Å². The van der Waals surface area contributed by atoms with Crippen LogP contribution in [0.5, 0.6) is 5.75 Å². The molecule has 0 heterocycles. The topological polar surface area (TPSA) is 50.1 Å². The van der Waals surface area contributed by atoms with Gasteiger partial charge in [0.1, 0.15) is 5.75 Å². The normalized spacial score (nSPS) is 10.4. The Labute approximate surface area is 136 Å². The molecule has 3 heteroatoms. The number of nitrogens with zero attached hydrogens (tertiary/aromatic N) is 1. The Balaban J connectivity index is 1.87. The van der Waals surface area contributed by atoms with Crippen LogP contribution in [-0.4, -0.2) is 12.4 Å². The summed E-state index contributed by atoms with van der Waals surface area (Å²) in [5.41, 5.74) is 2.79. The molecule has 0 saturated heterocycles. The highest BCUT2D eigenvalue weighted by Gasteiger charge is 2.01. The molecule has 0 aliphatic heterocycles. The molecule has 0 aromatic heterocycles. The zero-order valence-electron chi connectivity index (χ0n) is 13.2. The molecular weight excluding hydrogens is 286 g/mol. The van der Waals surface area contributed by atoms with Crippen LogP contribution in [0.1, 0.15) is 25.3 Å². The summed E-state index contributed by atoms with van der Waals surface area (Å²) in [5.74, 6) is 0.924. The number of hydrogen-bond donors (Lipinski definition) is 0. The predicted octanol–water partition coefficient (Wildman–Crippen LogP) is 4.53. The van der Waals surface area contributed by atoms with Crippen LogP contribution in [0.3, 0.4) is 0 Å². The summed E-state index contributed by atoms with van der Waals surface area (Å²) in [4.78, 5) is 11.3. The number of hydrogen-bond acceptors (Lipinski definition) is 3. The second-order valence-corrected chi connectivity index (χ2v) is 5.13. The molecule has 23 heavy (non-hydrogen) atoms. The van der Waals surface area contributed by atoms with Gasteiger partial charge in [-0.2, -0.15) is 5.26 Å². The number of ketones is 1. The first-order valence-corrected chi connectivity index (χ1v) is 7.62. The van der Waals surface area contributed by atoms with Crippen molar-refractivity contribution >= 4 is 5.78 Å². The van der Waals surface area contributed by atoms with Gasteiger partial charge in [-0.05, 0) is 54.8 Å². The molecule has 0 radical (unpaired) electrons. The van der Waals surface area contributed by atoms with E-state index in [9.17, 15) is 4.79 Å². The number of allylic oxidation sites excluding steroid dienone is 2. The molecule has 3 nitrogen and oxygen atoms in total. The number of carbonyl (C=O) groups excluding carboxylic acids is 1. The number of benzene rings is 2. The molecule has 0 saturated carbocycles. The van der Waals surface area contributed by atoms with E-state index in [0.717, 1.165) is 16.9 Å². The van der Waals surface area contributed by atoms with Gasteiger partial charge in [0, 0.05) is 6.42 Å². The Bertz CT molecular complexity index is 707. The average molecular weight is 305 g/mol. The summed E-state index contributed by atoms with van der Waals surface area (Å²) in [7, 11) is 0. The highest BCUT2D eigenvalue weighted by atomic mass is 16.5. The van der Waals surface area contributed by atoms with Crippen LogP contribution in [0.4, 0.5) is 0 Å². The molecule has 2 aromatic carbocycles. The minimum Gasteiger partial charge on any atom is -0.494 e. The average Bonchev–Trinajstić information content (AvgIpc) is 2.60. The lowest BCUT2D eigenvalue weighted by molar-refractivity contribution is -0.114. The minimum atomic E-state index is 0.132. The van der Waals surface area contributed by atoms with E-state index in [1.165, 1.54) is 0 Å². The van der Waals surface area contributed by atoms with E-state index in [1.54, 1.807) is 12.2 Å². The first-order chi connectivity index (χ1) is 11.2. The third-order valence-electron chi connectivity index (χ3n) is 3.39. The van der Waals surface area contributed by atoms with E-state index in [2.05, 4.69) is 6.07 Å². The second kappa shape index (κ2) is 8.55. The molecule has 0 fully saturated rings. The van der Waals surface area contributed by atoms with Gasteiger partial charge in [-0.1, -0.05) is 30.3 Å². The summed E-state index contributed by atoms with van der Waals surface area (Å²) in [5, 5.41) is 8.81. The monoisotopic (exact) mass is 305 g/mol. The summed E-state index contributed by atoms with van der Waals surface area (Å²) < 4.78 is 5.64. The maximum atomic E-state index is 11.3. The van der Waals surface area contributed by atoms with Crippen LogP contribution in [0.15, 0.2) is 60.7 Å². The Morgan fingerprint density at radius 3 is 2.26 bits per heavy atom. The van der Waals surface area contributed by atoms with Crippen LogP contribution >= 0.6 is 0 Å². The Kier molecular flexibility index (Phi) is 6.14. The first-order valence-electron chi connectivity index (χ1n) is 7.62. The molecule has 0 bridgehead atoms. The summed E-state index contributed by atoms with van der Waals surface area (Å²) in [6.45, 7) is 2.36. The van der Waals surface area contributed by atoms with E-state index in [1.807, 2.05) is 55.5 Å². The standard InChI is InChI=1S/C20H19NO2/c1-2-4-19(22)5-3-14-23-20-12-10-18(11-13-20)17-8-6-16(15-21)7-9-17/h2,4,6-13H,3,5,14H2,1H3. The SMILES string of the molecule is CC=CC(=O)CCCOc1ccc(-c2ccc(C#N)cc2)cc1. The fraction of sp³-hybridized carbons (Fsp3) is 0.200. The van der Waals surface area contributed by atoms with Crippen LogP contribution in [-0.2, 0) is 4.79 Å². The molecular formula is C20H19NO2. The van der Waals surface area contributed by atoms with Crippen molar-refractivity contribution in [3.8, 4) is 22.9 Å². The lowest BCUT2D eigenvalue weighted by atomic mass is 10.0. The fourth-order valence-electron chi connectivity index (χ4n) is 2.19. The number of carbonyl (C=O) groups is 1. The van der Waals surface area contributed by atoms with Gasteiger partial charge >= 0.3 is 0 Å². The van der Waals surface area contributed by atoms with Crippen LogP contribution in [0, 0.1) is 11.3 Å². The van der Waals surface area contributed by atoms with E-state index in [4.69, 9.17) is 10.00 Å². The number of nitriles is 1. The van der Waals surface area contributed by atoms with Crippen molar-refractivity contribution in [2.45, 2.75) is 19.8 Å². The zero-order chi connectivity index (χ0) is 16.5. The maximum Gasteiger partial charge on any atom is 0.155 e. The first kappa shape index (κ1) is 16.5. The maximum absolute atomic E-state index is 11.3. The van der Waals surface area contributed by atoms with Gasteiger partial charge in [0.2, 0.25) is 0 Å². The van der Waals surface area contributed by atoms with Crippen molar-refractivity contribution in [2.24, 2.45) is 0 Å². The van der Waals surface area contributed by atoms with Crippen molar-refractivity contribution in [3.63, 3.8) is 0 Å². The van der Waals surface area contributed by atoms with Gasteiger partial charge < -0.3 is 4.74 Å².